The second-order valence-corrected chi connectivity index (χ2v) is 6.10. The average molecular weight is 617 g/mol. The minimum atomic E-state index is -0.0237. The average Bonchev–Trinajstić information content (AvgIpc) is 2.37. The van der Waals surface area contributed by atoms with Crippen LogP contribution in [-0.4, -0.2) is 11.6 Å². The van der Waals surface area contributed by atoms with Crippen LogP contribution in [0.25, 0.3) is 0 Å². The van der Waals surface area contributed by atoms with Crippen molar-refractivity contribution in [3.8, 4) is 0 Å². The number of carbonyl (C=O) groups excluding carboxylic acids is 2. The van der Waals surface area contributed by atoms with E-state index in [1.165, 1.54) is 0 Å². The summed E-state index contributed by atoms with van der Waals surface area (Å²) in [6, 6.07) is 0. The predicted octanol–water partition coefficient (Wildman–Crippen LogP) is 3.59. The van der Waals surface area contributed by atoms with Gasteiger partial charge >= 0.3 is 0 Å². The topological polar surface area (TPSA) is 34.1 Å². The van der Waals surface area contributed by atoms with Gasteiger partial charge in [0.05, 0.1) is 0 Å². The van der Waals surface area contributed by atoms with Crippen LogP contribution >= 0.6 is 0 Å². The van der Waals surface area contributed by atoms with Gasteiger partial charge in [0.1, 0.15) is 11.6 Å². The molecule has 2 rings (SSSR count). The Bertz CT molecular complexity index is 330. The number of hydrogen-bond donors (Lipinski definition) is 0. The van der Waals surface area contributed by atoms with E-state index in [2.05, 4.69) is 13.8 Å². The number of ketones is 2. The fraction of sp³-hybridized carbons (Fsp3) is 0.812. The zero-order valence-electron chi connectivity index (χ0n) is 12.3. The fourth-order valence-corrected chi connectivity index (χ4v) is 3.67. The Morgan fingerprint density at radius 3 is 2.00 bits per heavy atom. The first-order valence-corrected chi connectivity index (χ1v) is 7.54. The normalized spacial score (nSPS) is 34.1. The summed E-state index contributed by atoms with van der Waals surface area (Å²) in [6.45, 7) is 6.04. The summed E-state index contributed by atoms with van der Waals surface area (Å²) in [5, 5.41) is 0. The van der Waals surface area contributed by atoms with Gasteiger partial charge in [-0.2, -0.15) is 0 Å². The largest absolute Gasteiger partial charge is 0.333 e. The summed E-state index contributed by atoms with van der Waals surface area (Å²) in [6.07, 6.45) is 8.00. The predicted molar refractivity (Wildman–Crippen MR) is 71.9 cm³/mol. The van der Waals surface area contributed by atoms with Gasteiger partial charge in [-0.25, -0.2) is 0 Å². The number of rotatable bonds is 3. The van der Waals surface area contributed by atoms with Crippen molar-refractivity contribution in [1.29, 1.82) is 0 Å². The second kappa shape index (κ2) is 9.68. The summed E-state index contributed by atoms with van der Waals surface area (Å²) < 4.78 is 0. The van der Waals surface area contributed by atoms with Gasteiger partial charge in [-0.3, -0.25) is 4.79 Å². The molecule has 2 saturated carbocycles. The van der Waals surface area contributed by atoms with Crippen LogP contribution in [0.1, 0.15) is 58.3 Å². The van der Waals surface area contributed by atoms with E-state index in [4.69, 9.17) is 0 Å². The van der Waals surface area contributed by atoms with Crippen molar-refractivity contribution in [3.63, 3.8) is 0 Å². The van der Waals surface area contributed by atoms with Crippen molar-refractivity contribution in [2.24, 2.45) is 23.7 Å². The molecule has 0 bridgehead atoms. The standard InChI is InChI=1S/C16H25O2.2W/c1-3-12-7-5-9-14(16(12)18)10-13-8-4-6-11(2)15(13)17;;/h11-14H,2-10H2,1H3;;/q-1;;. The number of hydrogen-bond acceptors (Lipinski definition) is 2. The SMILES string of the molecule is [CH2-]C1CCCC(CC2CCCC(CC)C2=O)C1=O.[W].[W]. The van der Waals surface area contributed by atoms with Crippen molar-refractivity contribution < 1.29 is 51.7 Å². The Hall–Kier alpha value is 0.717. The molecule has 0 N–H and O–H groups in total. The van der Waals surface area contributed by atoms with Crippen molar-refractivity contribution in [2.75, 3.05) is 0 Å². The maximum atomic E-state index is 12.3. The maximum Gasteiger partial charge on any atom is 0.139 e. The third-order valence-electron chi connectivity index (χ3n) is 4.88. The molecular weight excluding hydrogens is 592 g/mol. The fourth-order valence-electron chi connectivity index (χ4n) is 3.67. The second-order valence-electron chi connectivity index (χ2n) is 6.10. The van der Waals surface area contributed by atoms with E-state index < -0.39 is 0 Å². The molecule has 0 spiro atoms. The molecule has 2 nitrogen and oxygen atoms in total. The Morgan fingerprint density at radius 1 is 0.900 bits per heavy atom. The molecule has 0 heterocycles. The van der Waals surface area contributed by atoms with Gasteiger partial charge in [0.15, 0.2) is 0 Å². The van der Waals surface area contributed by atoms with Crippen LogP contribution in [0, 0.1) is 30.6 Å². The summed E-state index contributed by atoms with van der Waals surface area (Å²) in [4.78, 5) is 24.4. The van der Waals surface area contributed by atoms with E-state index in [1.807, 2.05) is 0 Å². The van der Waals surface area contributed by atoms with Crippen LogP contribution in [0.15, 0.2) is 0 Å². The van der Waals surface area contributed by atoms with Crippen LogP contribution in [-0.2, 0) is 51.7 Å². The smallest absolute Gasteiger partial charge is 0.139 e. The van der Waals surface area contributed by atoms with Gasteiger partial charge in [0.25, 0.3) is 0 Å². The zero-order chi connectivity index (χ0) is 13.1. The van der Waals surface area contributed by atoms with Gasteiger partial charge in [-0.1, -0.05) is 26.2 Å². The Balaban J connectivity index is 0.00000180. The van der Waals surface area contributed by atoms with Gasteiger partial charge in [0.2, 0.25) is 0 Å². The van der Waals surface area contributed by atoms with Gasteiger partial charge in [-0.15, -0.1) is 5.92 Å². The first kappa shape index (κ1) is 20.7. The van der Waals surface area contributed by atoms with Crippen LogP contribution in [0.5, 0.6) is 0 Å². The molecule has 2 aliphatic carbocycles. The molecule has 20 heavy (non-hydrogen) atoms. The Labute approximate surface area is 151 Å². The molecular formula is C16H25O2W2-. The van der Waals surface area contributed by atoms with Crippen LogP contribution in [0.3, 0.4) is 0 Å². The molecule has 0 radical (unpaired) electrons. The van der Waals surface area contributed by atoms with Crippen LogP contribution in [0.4, 0.5) is 0 Å². The quantitative estimate of drug-likeness (QED) is 0.455. The molecule has 0 amide bonds. The summed E-state index contributed by atoms with van der Waals surface area (Å²) >= 11 is 0. The van der Waals surface area contributed by atoms with E-state index in [-0.39, 0.29) is 65.8 Å². The van der Waals surface area contributed by atoms with Crippen molar-refractivity contribution in [2.45, 2.75) is 58.3 Å². The number of Topliss-reactive ketones (excluding diaryl/α,β-unsaturated/α-hetero) is 2. The monoisotopic (exact) mass is 617 g/mol. The van der Waals surface area contributed by atoms with Crippen molar-refractivity contribution in [1.82, 2.24) is 0 Å². The minimum absolute atomic E-state index is 0. The summed E-state index contributed by atoms with van der Waals surface area (Å²) in [5.74, 6) is 1.26. The van der Waals surface area contributed by atoms with Gasteiger partial charge < -0.3 is 11.7 Å². The molecule has 4 unspecified atom stereocenters. The molecule has 2 aliphatic rings. The van der Waals surface area contributed by atoms with E-state index in [9.17, 15) is 9.59 Å². The molecule has 114 valence electrons. The summed E-state index contributed by atoms with van der Waals surface area (Å²) in [5.41, 5.74) is 0. The zero-order valence-corrected chi connectivity index (χ0v) is 18.2. The van der Waals surface area contributed by atoms with Crippen molar-refractivity contribution >= 4 is 11.6 Å². The van der Waals surface area contributed by atoms with E-state index >= 15 is 0 Å². The summed E-state index contributed by atoms with van der Waals surface area (Å²) in [7, 11) is 0. The van der Waals surface area contributed by atoms with Crippen LogP contribution in [0.2, 0.25) is 0 Å². The van der Waals surface area contributed by atoms with E-state index in [0.29, 0.717) is 11.6 Å². The Morgan fingerprint density at radius 2 is 1.40 bits per heavy atom. The molecule has 4 atom stereocenters. The Kier molecular flexibility index (Phi) is 10.0. The molecule has 4 heteroatoms. The van der Waals surface area contributed by atoms with Crippen molar-refractivity contribution in [3.05, 3.63) is 6.92 Å². The minimum Gasteiger partial charge on any atom is -0.333 e. The molecule has 0 aromatic heterocycles. The van der Waals surface area contributed by atoms with Crippen LogP contribution < -0.4 is 0 Å². The molecule has 2 fully saturated rings. The molecule has 0 saturated heterocycles. The third-order valence-corrected chi connectivity index (χ3v) is 4.88. The van der Waals surface area contributed by atoms with Gasteiger partial charge in [-0.05, 0) is 32.1 Å². The number of carbonyl (C=O) groups is 2. The maximum absolute atomic E-state index is 12.3. The third kappa shape index (κ3) is 4.87. The molecule has 0 aromatic carbocycles. The first-order valence-electron chi connectivity index (χ1n) is 7.54. The van der Waals surface area contributed by atoms with Gasteiger partial charge in [0, 0.05) is 59.9 Å². The van der Waals surface area contributed by atoms with E-state index in [0.717, 1.165) is 51.4 Å². The molecule has 0 aromatic rings. The molecule has 0 aliphatic heterocycles. The van der Waals surface area contributed by atoms with E-state index in [1.54, 1.807) is 0 Å². The first-order chi connectivity index (χ1) is 8.63.